The summed E-state index contributed by atoms with van der Waals surface area (Å²) in [6, 6.07) is 5.66. The van der Waals surface area contributed by atoms with E-state index in [-0.39, 0.29) is 6.67 Å². The molecular formula is C8H8FN3S. The molecule has 0 unspecified atom stereocenters. The fourth-order valence-electron chi connectivity index (χ4n) is 1.05. The summed E-state index contributed by atoms with van der Waals surface area (Å²) in [5.41, 5.74) is 0.795. The molecule has 0 aliphatic rings. The van der Waals surface area contributed by atoms with Crippen molar-refractivity contribution in [1.29, 1.82) is 0 Å². The number of rotatable bonds is 3. The Morgan fingerprint density at radius 1 is 1.38 bits per heavy atom. The zero-order valence-electron chi connectivity index (χ0n) is 6.85. The van der Waals surface area contributed by atoms with Crippen LogP contribution in [-0.4, -0.2) is 27.0 Å². The summed E-state index contributed by atoms with van der Waals surface area (Å²) in [7, 11) is 0. The molecule has 0 N–H and O–H groups in total. The Morgan fingerprint density at radius 3 is 3.15 bits per heavy atom. The lowest BCUT2D eigenvalue weighted by molar-refractivity contribution is 0.532. The first-order chi connectivity index (χ1) is 6.42. The van der Waals surface area contributed by atoms with Gasteiger partial charge < -0.3 is 0 Å². The van der Waals surface area contributed by atoms with E-state index in [1.165, 1.54) is 11.8 Å². The zero-order valence-corrected chi connectivity index (χ0v) is 7.67. The van der Waals surface area contributed by atoms with Crippen LogP contribution in [0.2, 0.25) is 0 Å². The molecule has 0 amide bonds. The van der Waals surface area contributed by atoms with Gasteiger partial charge in [-0.3, -0.25) is 8.79 Å². The van der Waals surface area contributed by atoms with E-state index in [4.69, 9.17) is 0 Å². The van der Waals surface area contributed by atoms with E-state index in [2.05, 4.69) is 10.2 Å². The molecule has 2 aromatic heterocycles. The van der Waals surface area contributed by atoms with E-state index in [1.807, 2.05) is 28.8 Å². The third kappa shape index (κ3) is 1.65. The van der Waals surface area contributed by atoms with Crippen LogP contribution in [0.5, 0.6) is 0 Å². The first-order valence-electron chi connectivity index (χ1n) is 3.90. The molecule has 5 heteroatoms. The maximum atomic E-state index is 11.9. The Balaban J connectivity index is 2.35. The van der Waals surface area contributed by atoms with Crippen molar-refractivity contribution in [1.82, 2.24) is 14.6 Å². The molecule has 13 heavy (non-hydrogen) atoms. The highest BCUT2D eigenvalue weighted by Gasteiger charge is 2.03. The predicted octanol–water partition coefficient (Wildman–Crippen LogP) is 1.79. The van der Waals surface area contributed by atoms with Crippen molar-refractivity contribution >= 4 is 17.4 Å². The van der Waals surface area contributed by atoms with Crippen molar-refractivity contribution in [3.05, 3.63) is 24.4 Å². The van der Waals surface area contributed by atoms with Crippen LogP contribution < -0.4 is 0 Å². The SMILES string of the molecule is FCCSc1nnc2ccccn12. The van der Waals surface area contributed by atoms with Crippen LogP contribution in [0.4, 0.5) is 4.39 Å². The normalized spacial score (nSPS) is 10.8. The summed E-state index contributed by atoms with van der Waals surface area (Å²) < 4.78 is 13.8. The number of alkyl halides is 1. The quantitative estimate of drug-likeness (QED) is 0.703. The summed E-state index contributed by atoms with van der Waals surface area (Å²) in [5, 5.41) is 8.63. The van der Waals surface area contributed by atoms with Gasteiger partial charge >= 0.3 is 0 Å². The molecule has 0 saturated heterocycles. The number of halogens is 1. The minimum Gasteiger partial charge on any atom is -0.277 e. The van der Waals surface area contributed by atoms with Crippen LogP contribution >= 0.6 is 11.8 Å². The van der Waals surface area contributed by atoms with E-state index in [9.17, 15) is 4.39 Å². The second-order valence-corrected chi connectivity index (χ2v) is 3.51. The zero-order chi connectivity index (χ0) is 9.10. The average Bonchev–Trinajstić information content (AvgIpc) is 2.58. The molecule has 0 radical (unpaired) electrons. The number of aromatic nitrogens is 3. The summed E-state index contributed by atoms with van der Waals surface area (Å²) >= 11 is 1.37. The Labute approximate surface area is 79.0 Å². The lowest BCUT2D eigenvalue weighted by Gasteiger charge is -1.95. The van der Waals surface area contributed by atoms with Gasteiger partial charge in [-0.25, -0.2) is 0 Å². The van der Waals surface area contributed by atoms with Crippen molar-refractivity contribution in [2.24, 2.45) is 0 Å². The first kappa shape index (κ1) is 8.50. The number of fused-ring (bicyclic) bond motifs is 1. The van der Waals surface area contributed by atoms with Gasteiger partial charge in [0.15, 0.2) is 10.8 Å². The molecule has 0 atom stereocenters. The van der Waals surface area contributed by atoms with Gasteiger partial charge in [0.1, 0.15) is 0 Å². The predicted molar refractivity (Wildman–Crippen MR) is 49.7 cm³/mol. The van der Waals surface area contributed by atoms with Crippen molar-refractivity contribution in [2.45, 2.75) is 5.16 Å². The number of hydrogen-bond acceptors (Lipinski definition) is 3. The molecule has 2 rings (SSSR count). The molecule has 2 aromatic rings. The minimum atomic E-state index is -0.341. The summed E-state index contributed by atoms with van der Waals surface area (Å²) in [6.07, 6.45) is 1.87. The summed E-state index contributed by atoms with van der Waals surface area (Å²) in [6.45, 7) is -0.341. The fourth-order valence-corrected chi connectivity index (χ4v) is 1.70. The number of pyridine rings is 1. The maximum absolute atomic E-state index is 11.9. The van der Waals surface area contributed by atoms with Crippen LogP contribution in [-0.2, 0) is 0 Å². The Hall–Kier alpha value is -1.10. The van der Waals surface area contributed by atoms with Gasteiger partial charge in [-0.15, -0.1) is 10.2 Å². The Morgan fingerprint density at radius 2 is 2.31 bits per heavy atom. The van der Waals surface area contributed by atoms with Gasteiger partial charge in [0.05, 0.1) is 6.67 Å². The lowest BCUT2D eigenvalue weighted by Crippen LogP contribution is -1.88. The van der Waals surface area contributed by atoms with Gasteiger partial charge in [0.25, 0.3) is 0 Å². The smallest absolute Gasteiger partial charge is 0.195 e. The third-order valence-electron chi connectivity index (χ3n) is 1.59. The highest BCUT2D eigenvalue weighted by atomic mass is 32.2. The van der Waals surface area contributed by atoms with E-state index in [1.54, 1.807) is 0 Å². The monoisotopic (exact) mass is 197 g/mol. The highest BCUT2D eigenvalue weighted by Crippen LogP contribution is 2.15. The standard InChI is InChI=1S/C8H8FN3S/c9-4-6-13-8-11-10-7-3-1-2-5-12(7)8/h1-3,5H,4,6H2. The van der Waals surface area contributed by atoms with Crippen LogP contribution in [0, 0.1) is 0 Å². The molecule has 0 bridgehead atoms. The topological polar surface area (TPSA) is 30.2 Å². The molecule has 3 nitrogen and oxygen atoms in total. The van der Waals surface area contributed by atoms with Crippen LogP contribution in [0.25, 0.3) is 5.65 Å². The second kappa shape index (κ2) is 3.74. The van der Waals surface area contributed by atoms with Gasteiger partial charge in [-0.05, 0) is 12.1 Å². The van der Waals surface area contributed by atoms with Crippen molar-refractivity contribution in [3.63, 3.8) is 0 Å². The van der Waals surface area contributed by atoms with Gasteiger partial charge in [0, 0.05) is 11.9 Å². The van der Waals surface area contributed by atoms with E-state index < -0.39 is 0 Å². The Bertz CT molecular complexity index is 401. The van der Waals surface area contributed by atoms with E-state index in [0.29, 0.717) is 5.75 Å². The van der Waals surface area contributed by atoms with Crippen molar-refractivity contribution in [3.8, 4) is 0 Å². The molecule has 68 valence electrons. The van der Waals surface area contributed by atoms with E-state index >= 15 is 0 Å². The maximum Gasteiger partial charge on any atom is 0.195 e. The molecule has 0 aromatic carbocycles. The third-order valence-corrected chi connectivity index (χ3v) is 2.49. The highest BCUT2D eigenvalue weighted by molar-refractivity contribution is 7.99. The molecule has 2 heterocycles. The number of nitrogens with zero attached hydrogens (tertiary/aromatic N) is 3. The summed E-state index contributed by atoms with van der Waals surface area (Å²) in [5.74, 6) is 0.426. The van der Waals surface area contributed by atoms with Crippen LogP contribution in [0.3, 0.4) is 0 Å². The van der Waals surface area contributed by atoms with Crippen molar-refractivity contribution in [2.75, 3.05) is 12.4 Å². The molecule has 0 saturated carbocycles. The number of hydrogen-bond donors (Lipinski definition) is 0. The lowest BCUT2D eigenvalue weighted by atomic mass is 10.5. The van der Waals surface area contributed by atoms with Crippen molar-refractivity contribution < 1.29 is 4.39 Å². The number of thioether (sulfide) groups is 1. The molecule has 0 fully saturated rings. The van der Waals surface area contributed by atoms with Gasteiger partial charge in [-0.1, -0.05) is 17.8 Å². The van der Waals surface area contributed by atoms with E-state index in [0.717, 1.165) is 10.8 Å². The van der Waals surface area contributed by atoms with Gasteiger partial charge in [0.2, 0.25) is 0 Å². The minimum absolute atomic E-state index is 0.341. The fraction of sp³-hybridized carbons (Fsp3) is 0.250. The van der Waals surface area contributed by atoms with Crippen LogP contribution in [0.1, 0.15) is 0 Å². The average molecular weight is 197 g/mol. The Kier molecular flexibility index (Phi) is 2.44. The summed E-state index contributed by atoms with van der Waals surface area (Å²) in [4.78, 5) is 0. The van der Waals surface area contributed by atoms with Gasteiger partial charge in [-0.2, -0.15) is 0 Å². The second-order valence-electron chi connectivity index (χ2n) is 2.45. The molecular weight excluding hydrogens is 189 g/mol. The molecule has 0 aliphatic carbocycles. The molecule has 0 spiro atoms. The largest absolute Gasteiger partial charge is 0.277 e. The first-order valence-corrected chi connectivity index (χ1v) is 4.89. The molecule has 0 aliphatic heterocycles. The van der Waals surface area contributed by atoms with Crippen LogP contribution in [0.15, 0.2) is 29.6 Å².